The highest BCUT2D eigenvalue weighted by molar-refractivity contribution is 5.70. The van der Waals surface area contributed by atoms with Crippen molar-refractivity contribution in [1.29, 1.82) is 0 Å². The third-order valence-electron chi connectivity index (χ3n) is 2.58. The lowest BCUT2D eigenvalue weighted by Gasteiger charge is -2.29. The highest BCUT2D eigenvalue weighted by Crippen LogP contribution is 2.20. The SMILES string of the molecule is O=C1C[C@H](OC2CCCCO2)CCO1. The summed E-state index contributed by atoms with van der Waals surface area (Å²) < 4.78 is 16.0. The van der Waals surface area contributed by atoms with E-state index in [1.807, 2.05) is 0 Å². The lowest BCUT2D eigenvalue weighted by Crippen LogP contribution is -2.33. The molecule has 1 unspecified atom stereocenters. The topological polar surface area (TPSA) is 44.8 Å². The predicted molar refractivity (Wildman–Crippen MR) is 48.7 cm³/mol. The fourth-order valence-corrected chi connectivity index (χ4v) is 1.80. The molecule has 0 spiro atoms. The summed E-state index contributed by atoms with van der Waals surface area (Å²) in [4.78, 5) is 11.0. The quantitative estimate of drug-likeness (QED) is 0.629. The van der Waals surface area contributed by atoms with Crippen LogP contribution in [0.15, 0.2) is 0 Å². The van der Waals surface area contributed by atoms with Crippen LogP contribution in [-0.2, 0) is 19.0 Å². The summed E-state index contributed by atoms with van der Waals surface area (Å²) in [6.45, 7) is 1.26. The second kappa shape index (κ2) is 4.75. The van der Waals surface area contributed by atoms with Crippen molar-refractivity contribution in [3.8, 4) is 0 Å². The van der Waals surface area contributed by atoms with Gasteiger partial charge in [-0.25, -0.2) is 0 Å². The van der Waals surface area contributed by atoms with Gasteiger partial charge >= 0.3 is 5.97 Å². The van der Waals surface area contributed by atoms with Gasteiger partial charge in [0.2, 0.25) is 0 Å². The molecule has 0 aromatic rings. The Morgan fingerprint density at radius 3 is 2.86 bits per heavy atom. The molecule has 0 amide bonds. The lowest BCUT2D eigenvalue weighted by molar-refractivity contribution is -0.202. The molecule has 0 aliphatic carbocycles. The van der Waals surface area contributed by atoms with Gasteiger partial charge in [-0.05, 0) is 19.3 Å². The fourth-order valence-electron chi connectivity index (χ4n) is 1.80. The summed E-state index contributed by atoms with van der Waals surface area (Å²) in [5, 5.41) is 0. The first-order valence-electron chi connectivity index (χ1n) is 5.27. The average molecular weight is 200 g/mol. The van der Waals surface area contributed by atoms with Gasteiger partial charge in [-0.15, -0.1) is 0 Å². The van der Waals surface area contributed by atoms with Gasteiger partial charge < -0.3 is 14.2 Å². The van der Waals surface area contributed by atoms with Gasteiger partial charge in [0.25, 0.3) is 0 Å². The number of ether oxygens (including phenoxy) is 3. The molecule has 2 aliphatic rings. The molecule has 2 fully saturated rings. The van der Waals surface area contributed by atoms with E-state index in [9.17, 15) is 4.79 Å². The highest BCUT2D eigenvalue weighted by Gasteiger charge is 2.25. The van der Waals surface area contributed by atoms with Gasteiger partial charge in [-0.1, -0.05) is 0 Å². The zero-order valence-electron chi connectivity index (χ0n) is 8.24. The van der Waals surface area contributed by atoms with Crippen LogP contribution in [0, 0.1) is 0 Å². The number of carbonyl (C=O) groups is 1. The van der Waals surface area contributed by atoms with Crippen molar-refractivity contribution in [3.63, 3.8) is 0 Å². The lowest BCUT2D eigenvalue weighted by atomic mass is 10.1. The van der Waals surface area contributed by atoms with E-state index in [1.165, 1.54) is 0 Å². The van der Waals surface area contributed by atoms with E-state index < -0.39 is 0 Å². The van der Waals surface area contributed by atoms with Crippen LogP contribution >= 0.6 is 0 Å². The van der Waals surface area contributed by atoms with Crippen LogP contribution in [0.4, 0.5) is 0 Å². The molecule has 0 N–H and O–H groups in total. The van der Waals surface area contributed by atoms with E-state index in [1.54, 1.807) is 0 Å². The number of cyclic esters (lactones) is 1. The van der Waals surface area contributed by atoms with Crippen molar-refractivity contribution in [1.82, 2.24) is 0 Å². The second-order valence-electron chi connectivity index (χ2n) is 3.77. The molecule has 0 aromatic carbocycles. The van der Waals surface area contributed by atoms with Crippen LogP contribution in [0.2, 0.25) is 0 Å². The van der Waals surface area contributed by atoms with Crippen molar-refractivity contribution in [2.45, 2.75) is 44.5 Å². The summed E-state index contributed by atoms with van der Waals surface area (Å²) in [6, 6.07) is 0. The van der Waals surface area contributed by atoms with E-state index in [0.717, 1.165) is 32.3 Å². The maximum absolute atomic E-state index is 11.0. The number of hydrogen-bond acceptors (Lipinski definition) is 4. The first-order chi connectivity index (χ1) is 6.84. The van der Waals surface area contributed by atoms with Gasteiger partial charge in [0, 0.05) is 13.0 Å². The standard InChI is InChI=1S/C10H16O4/c11-9-7-8(4-6-12-9)14-10-3-1-2-5-13-10/h8,10H,1-7H2/t8-,10?/m1/s1. The summed E-state index contributed by atoms with van der Waals surface area (Å²) in [7, 11) is 0. The zero-order valence-corrected chi connectivity index (χ0v) is 8.24. The molecule has 2 heterocycles. The van der Waals surface area contributed by atoms with Gasteiger partial charge in [0.05, 0.1) is 19.1 Å². The van der Waals surface area contributed by atoms with Crippen LogP contribution < -0.4 is 0 Å². The van der Waals surface area contributed by atoms with E-state index in [0.29, 0.717) is 13.0 Å². The van der Waals surface area contributed by atoms with Crippen LogP contribution in [0.1, 0.15) is 32.1 Å². The smallest absolute Gasteiger partial charge is 0.308 e. The fraction of sp³-hybridized carbons (Fsp3) is 0.900. The summed E-state index contributed by atoms with van der Waals surface area (Å²) >= 11 is 0. The zero-order chi connectivity index (χ0) is 9.80. The highest BCUT2D eigenvalue weighted by atomic mass is 16.7. The Kier molecular flexibility index (Phi) is 3.37. The molecule has 0 bridgehead atoms. The van der Waals surface area contributed by atoms with Crippen LogP contribution in [0.3, 0.4) is 0 Å². The van der Waals surface area contributed by atoms with Crippen LogP contribution in [-0.4, -0.2) is 31.6 Å². The van der Waals surface area contributed by atoms with Crippen LogP contribution in [0.25, 0.3) is 0 Å². The van der Waals surface area contributed by atoms with E-state index >= 15 is 0 Å². The Balaban J connectivity index is 1.75. The molecule has 14 heavy (non-hydrogen) atoms. The Bertz CT molecular complexity index is 198. The molecule has 4 nitrogen and oxygen atoms in total. The van der Waals surface area contributed by atoms with Crippen molar-refractivity contribution in [2.75, 3.05) is 13.2 Å². The molecule has 4 heteroatoms. The van der Waals surface area contributed by atoms with E-state index in [4.69, 9.17) is 14.2 Å². The molecular formula is C10H16O4. The minimum absolute atomic E-state index is 0.000602. The Morgan fingerprint density at radius 2 is 2.14 bits per heavy atom. The van der Waals surface area contributed by atoms with E-state index in [-0.39, 0.29) is 18.4 Å². The molecule has 2 rings (SSSR count). The summed E-state index contributed by atoms with van der Waals surface area (Å²) in [5.41, 5.74) is 0. The average Bonchev–Trinajstić information content (AvgIpc) is 2.19. The molecule has 0 saturated carbocycles. The minimum Gasteiger partial charge on any atom is -0.465 e. The molecule has 80 valence electrons. The monoisotopic (exact) mass is 200 g/mol. The molecule has 0 radical (unpaired) electrons. The van der Waals surface area contributed by atoms with Gasteiger partial charge in [-0.3, -0.25) is 4.79 Å². The van der Waals surface area contributed by atoms with Crippen LogP contribution in [0.5, 0.6) is 0 Å². The molecule has 2 saturated heterocycles. The van der Waals surface area contributed by atoms with Crippen molar-refractivity contribution in [2.24, 2.45) is 0 Å². The third-order valence-corrected chi connectivity index (χ3v) is 2.58. The number of hydrogen-bond donors (Lipinski definition) is 0. The Morgan fingerprint density at radius 1 is 1.21 bits per heavy atom. The molecule has 2 aliphatic heterocycles. The number of esters is 1. The second-order valence-corrected chi connectivity index (χ2v) is 3.77. The Labute approximate surface area is 83.5 Å². The van der Waals surface area contributed by atoms with Gasteiger partial charge in [0.1, 0.15) is 0 Å². The minimum atomic E-state index is -0.156. The largest absolute Gasteiger partial charge is 0.465 e. The maximum Gasteiger partial charge on any atom is 0.308 e. The Hall–Kier alpha value is -0.610. The van der Waals surface area contributed by atoms with E-state index in [2.05, 4.69) is 0 Å². The normalized spacial score (nSPS) is 33.9. The van der Waals surface area contributed by atoms with Gasteiger partial charge in [-0.2, -0.15) is 0 Å². The molecule has 2 atom stereocenters. The third kappa shape index (κ3) is 2.69. The molecular weight excluding hydrogens is 184 g/mol. The summed E-state index contributed by atoms with van der Waals surface area (Å²) in [6.07, 6.45) is 4.30. The first kappa shape index (κ1) is 9.93. The number of carbonyl (C=O) groups excluding carboxylic acids is 1. The van der Waals surface area contributed by atoms with Crippen molar-refractivity contribution < 1.29 is 19.0 Å². The summed E-state index contributed by atoms with van der Waals surface area (Å²) in [5.74, 6) is -0.156. The predicted octanol–water partition coefficient (Wildman–Crippen LogP) is 1.24. The van der Waals surface area contributed by atoms with Gasteiger partial charge in [0.15, 0.2) is 6.29 Å². The van der Waals surface area contributed by atoms with Crippen molar-refractivity contribution in [3.05, 3.63) is 0 Å². The molecule has 0 aromatic heterocycles. The number of rotatable bonds is 2. The van der Waals surface area contributed by atoms with Crippen molar-refractivity contribution >= 4 is 5.97 Å². The maximum atomic E-state index is 11.0. The first-order valence-corrected chi connectivity index (χ1v) is 5.27.